The molecule has 4 heteroatoms. The molecule has 0 aliphatic carbocycles. The number of nitrogens with zero attached hydrogens (tertiary/aromatic N) is 1. The molecular weight excluding hydrogens is 232 g/mol. The van der Waals surface area contributed by atoms with Crippen LogP contribution in [0.3, 0.4) is 0 Å². The summed E-state index contributed by atoms with van der Waals surface area (Å²) < 4.78 is 25.8. The molecule has 1 aromatic carbocycles. The van der Waals surface area contributed by atoms with Crippen molar-refractivity contribution < 1.29 is 8.78 Å². The molecule has 0 saturated heterocycles. The summed E-state index contributed by atoms with van der Waals surface area (Å²) in [4.78, 5) is 3.98. The van der Waals surface area contributed by atoms with Crippen molar-refractivity contribution in [1.82, 2.24) is 4.98 Å². The summed E-state index contributed by atoms with van der Waals surface area (Å²) in [7, 11) is 0. The Morgan fingerprint density at radius 1 is 1.00 bits per heavy atom. The topological polar surface area (TPSA) is 12.9 Å². The van der Waals surface area contributed by atoms with Crippen LogP contribution in [0.4, 0.5) is 8.78 Å². The van der Waals surface area contributed by atoms with Crippen LogP contribution in [0.2, 0.25) is 0 Å². The third kappa shape index (κ3) is 2.19. The number of rotatable bonds is 2. The van der Waals surface area contributed by atoms with Crippen LogP contribution in [0, 0.1) is 11.6 Å². The van der Waals surface area contributed by atoms with Crippen molar-refractivity contribution in [3.05, 3.63) is 53.9 Å². The van der Waals surface area contributed by atoms with Crippen LogP contribution in [0.25, 0.3) is 11.1 Å². The molecule has 1 heterocycles. The van der Waals surface area contributed by atoms with E-state index in [1.165, 1.54) is 6.07 Å². The van der Waals surface area contributed by atoms with Crippen molar-refractivity contribution in [1.29, 1.82) is 0 Å². The maximum absolute atomic E-state index is 13.0. The lowest BCUT2D eigenvalue weighted by Gasteiger charge is -2.03. The Labute approximate surface area is 96.7 Å². The molecule has 2 rings (SSSR count). The van der Waals surface area contributed by atoms with Gasteiger partial charge in [0.2, 0.25) is 0 Å². The summed E-state index contributed by atoms with van der Waals surface area (Å²) in [6.07, 6.45) is 3.22. The van der Waals surface area contributed by atoms with Crippen molar-refractivity contribution in [2.45, 2.75) is 5.88 Å². The number of hydrogen-bond donors (Lipinski definition) is 0. The van der Waals surface area contributed by atoms with Gasteiger partial charge < -0.3 is 0 Å². The van der Waals surface area contributed by atoms with Crippen LogP contribution in [0.5, 0.6) is 0 Å². The molecule has 0 aliphatic heterocycles. The van der Waals surface area contributed by atoms with E-state index in [4.69, 9.17) is 11.6 Å². The molecule has 0 aliphatic rings. The number of benzene rings is 1. The smallest absolute Gasteiger partial charge is 0.159 e. The summed E-state index contributed by atoms with van der Waals surface area (Å²) in [5.74, 6) is -1.39. The predicted octanol–water partition coefficient (Wildman–Crippen LogP) is 3.77. The molecule has 2 aromatic rings. The van der Waals surface area contributed by atoms with Gasteiger partial charge in [-0.2, -0.15) is 0 Å². The van der Waals surface area contributed by atoms with E-state index in [2.05, 4.69) is 4.98 Å². The highest BCUT2D eigenvalue weighted by Crippen LogP contribution is 2.22. The first kappa shape index (κ1) is 11.0. The molecular formula is C12H8ClF2N. The second-order valence-electron chi connectivity index (χ2n) is 3.34. The summed E-state index contributed by atoms with van der Waals surface area (Å²) in [5, 5.41) is 0. The number of halogens is 3. The van der Waals surface area contributed by atoms with Crippen LogP contribution in [-0.4, -0.2) is 4.98 Å². The van der Waals surface area contributed by atoms with E-state index in [1.807, 2.05) is 0 Å². The Morgan fingerprint density at radius 2 is 1.81 bits per heavy atom. The van der Waals surface area contributed by atoms with E-state index in [0.29, 0.717) is 11.4 Å². The molecule has 16 heavy (non-hydrogen) atoms. The highest BCUT2D eigenvalue weighted by molar-refractivity contribution is 6.17. The third-order valence-electron chi connectivity index (χ3n) is 2.20. The Balaban J connectivity index is 2.46. The van der Waals surface area contributed by atoms with Gasteiger partial charge in [-0.05, 0) is 29.3 Å². The average Bonchev–Trinajstić information content (AvgIpc) is 2.33. The van der Waals surface area contributed by atoms with Crippen LogP contribution >= 0.6 is 11.6 Å². The quantitative estimate of drug-likeness (QED) is 0.727. The molecule has 0 N–H and O–H groups in total. The van der Waals surface area contributed by atoms with Crippen LogP contribution in [0.15, 0.2) is 36.7 Å². The van der Waals surface area contributed by atoms with Gasteiger partial charge in [0, 0.05) is 23.8 Å². The monoisotopic (exact) mass is 239 g/mol. The lowest BCUT2D eigenvalue weighted by atomic mass is 10.1. The zero-order valence-electron chi connectivity index (χ0n) is 8.25. The SMILES string of the molecule is Fc1ccc(-c2cncc(CCl)c2)cc1F. The number of aromatic nitrogens is 1. The van der Waals surface area contributed by atoms with Crippen molar-refractivity contribution >= 4 is 11.6 Å². The number of hydrogen-bond acceptors (Lipinski definition) is 1. The first-order chi connectivity index (χ1) is 7.70. The average molecular weight is 240 g/mol. The minimum atomic E-state index is -0.867. The molecule has 0 amide bonds. The van der Waals surface area contributed by atoms with Gasteiger partial charge in [0.15, 0.2) is 11.6 Å². The standard InChI is InChI=1S/C12H8ClF2N/c13-5-8-3-10(7-16-6-8)9-1-2-11(14)12(15)4-9/h1-4,6-7H,5H2. The second-order valence-corrected chi connectivity index (χ2v) is 3.61. The minimum Gasteiger partial charge on any atom is -0.264 e. The van der Waals surface area contributed by atoms with E-state index < -0.39 is 11.6 Å². The molecule has 0 bridgehead atoms. The fourth-order valence-corrected chi connectivity index (χ4v) is 1.54. The van der Waals surface area contributed by atoms with Gasteiger partial charge in [-0.1, -0.05) is 6.07 Å². The molecule has 0 fully saturated rings. The Kier molecular flexibility index (Phi) is 3.15. The summed E-state index contributed by atoms with van der Waals surface area (Å²) in [6.45, 7) is 0. The molecule has 1 aromatic heterocycles. The Bertz CT molecular complexity index is 514. The lowest BCUT2D eigenvalue weighted by molar-refractivity contribution is 0.509. The highest BCUT2D eigenvalue weighted by Gasteiger charge is 2.05. The first-order valence-electron chi connectivity index (χ1n) is 4.66. The lowest BCUT2D eigenvalue weighted by Crippen LogP contribution is -1.88. The summed E-state index contributed by atoms with van der Waals surface area (Å²) in [5.41, 5.74) is 2.14. The fourth-order valence-electron chi connectivity index (χ4n) is 1.39. The maximum Gasteiger partial charge on any atom is 0.159 e. The van der Waals surface area contributed by atoms with E-state index >= 15 is 0 Å². The van der Waals surface area contributed by atoms with Gasteiger partial charge in [-0.3, -0.25) is 4.98 Å². The van der Waals surface area contributed by atoms with E-state index in [0.717, 1.165) is 23.3 Å². The summed E-state index contributed by atoms with van der Waals surface area (Å²) in [6, 6.07) is 5.54. The van der Waals surface area contributed by atoms with Gasteiger partial charge in [0.05, 0.1) is 0 Å². The number of pyridine rings is 1. The largest absolute Gasteiger partial charge is 0.264 e. The third-order valence-corrected chi connectivity index (χ3v) is 2.51. The van der Waals surface area contributed by atoms with E-state index in [9.17, 15) is 8.78 Å². The van der Waals surface area contributed by atoms with Crippen molar-refractivity contribution in [2.24, 2.45) is 0 Å². The zero-order valence-corrected chi connectivity index (χ0v) is 9.01. The van der Waals surface area contributed by atoms with Crippen LogP contribution < -0.4 is 0 Å². The van der Waals surface area contributed by atoms with Gasteiger partial charge in [-0.15, -0.1) is 11.6 Å². The predicted molar refractivity (Wildman–Crippen MR) is 59.1 cm³/mol. The summed E-state index contributed by atoms with van der Waals surface area (Å²) >= 11 is 5.67. The molecule has 1 nitrogen and oxygen atoms in total. The fraction of sp³-hybridized carbons (Fsp3) is 0.0833. The second kappa shape index (κ2) is 4.58. The van der Waals surface area contributed by atoms with Gasteiger partial charge >= 0.3 is 0 Å². The van der Waals surface area contributed by atoms with Crippen molar-refractivity contribution in [2.75, 3.05) is 0 Å². The highest BCUT2D eigenvalue weighted by atomic mass is 35.5. The maximum atomic E-state index is 13.0. The molecule has 0 spiro atoms. The molecule has 82 valence electrons. The minimum absolute atomic E-state index is 0.338. The van der Waals surface area contributed by atoms with E-state index in [1.54, 1.807) is 18.5 Å². The Hall–Kier alpha value is -1.48. The normalized spacial score (nSPS) is 10.4. The zero-order chi connectivity index (χ0) is 11.5. The molecule has 0 saturated carbocycles. The van der Waals surface area contributed by atoms with Crippen LogP contribution in [-0.2, 0) is 5.88 Å². The number of alkyl halides is 1. The first-order valence-corrected chi connectivity index (χ1v) is 5.19. The molecule has 0 radical (unpaired) electrons. The van der Waals surface area contributed by atoms with Crippen LogP contribution in [0.1, 0.15) is 5.56 Å². The molecule has 0 atom stereocenters. The van der Waals surface area contributed by atoms with E-state index in [-0.39, 0.29) is 0 Å². The van der Waals surface area contributed by atoms with Gasteiger partial charge in [-0.25, -0.2) is 8.78 Å². The molecule has 0 unspecified atom stereocenters. The Morgan fingerprint density at radius 3 is 2.50 bits per heavy atom. The van der Waals surface area contributed by atoms with Crippen molar-refractivity contribution in [3.8, 4) is 11.1 Å². The van der Waals surface area contributed by atoms with Crippen molar-refractivity contribution in [3.63, 3.8) is 0 Å². The van der Waals surface area contributed by atoms with Gasteiger partial charge in [0.25, 0.3) is 0 Å². The van der Waals surface area contributed by atoms with Gasteiger partial charge in [0.1, 0.15) is 0 Å².